The lowest BCUT2D eigenvalue weighted by atomic mass is 10.1. The summed E-state index contributed by atoms with van der Waals surface area (Å²) in [4.78, 5) is 28.5. The zero-order chi connectivity index (χ0) is 16.0. The molecular formula is C15H20N4O3S. The van der Waals surface area contributed by atoms with Crippen LogP contribution in [-0.2, 0) is 20.9 Å². The lowest BCUT2D eigenvalue weighted by Gasteiger charge is -2.20. The van der Waals surface area contributed by atoms with Crippen molar-refractivity contribution < 1.29 is 14.3 Å². The Morgan fingerprint density at radius 2 is 2.22 bits per heavy atom. The molecule has 0 N–H and O–H groups in total. The molecule has 4 rings (SSSR count). The number of likely N-dealkylation sites (tertiary alicyclic amines) is 1. The SMILES string of the molecule is COCc1nnc(N2CC(C(=O)N3CCC4(CC4)C3)CC2=O)s1. The lowest BCUT2D eigenvalue weighted by Crippen LogP contribution is -2.36. The number of carbonyl (C=O) groups is 2. The van der Waals surface area contributed by atoms with Gasteiger partial charge in [0.1, 0.15) is 11.6 Å². The van der Waals surface area contributed by atoms with E-state index in [1.54, 1.807) is 12.0 Å². The first kappa shape index (κ1) is 15.0. The van der Waals surface area contributed by atoms with Gasteiger partial charge in [0.2, 0.25) is 16.9 Å². The van der Waals surface area contributed by atoms with Crippen LogP contribution in [0.5, 0.6) is 0 Å². The van der Waals surface area contributed by atoms with Gasteiger partial charge in [-0.05, 0) is 24.7 Å². The number of amides is 2. The van der Waals surface area contributed by atoms with Crippen molar-refractivity contribution in [2.75, 3.05) is 31.6 Å². The van der Waals surface area contributed by atoms with E-state index >= 15 is 0 Å². The topological polar surface area (TPSA) is 75.6 Å². The van der Waals surface area contributed by atoms with E-state index in [2.05, 4.69) is 10.2 Å². The Bertz CT molecular complexity index is 642. The first-order valence-electron chi connectivity index (χ1n) is 8.01. The molecule has 8 heteroatoms. The highest BCUT2D eigenvalue weighted by atomic mass is 32.1. The third-order valence-corrected chi connectivity index (χ3v) is 6.06. The van der Waals surface area contributed by atoms with E-state index in [4.69, 9.17) is 4.74 Å². The van der Waals surface area contributed by atoms with Gasteiger partial charge in [0.05, 0.1) is 5.92 Å². The summed E-state index contributed by atoms with van der Waals surface area (Å²) >= 11 is 1.35. The summed E-state index contributed by atoms with van der Waals surface area (Å²) < 4.78 is 5.03. The summed E-state index contributed by atoms with van der Waals surface area (Å²) in [7, 11) is 1.60. The van der Waals surface area contributed by atoms with E-state index in [0.29, 0.717) is 23.7 Å². The molecule has 2 aliphatic heterocycles. The van der Waals surface area contributed by atoms with Crippen molar-refractivity contribution in [3.8, 4) is 0 Å². The quantitative estimate of drug-likeness (QED) is 0.821. The van der Waals surface area contributed by atoms with Crippen LogP contribution in [0.25, 0.3) is 0 Å². The molecule has 0 bridgehead atoms. The van der Waals surface area contributed by atoms with Crippen molar-refractivity contribution in [2.45, 2.75) is 32.3 Å². The van der Waals surface area contributed by atoms with Gasteiger partial charge in [0.15, 0.2) is 0 Å². The molecule has 7 nitrogen and oxygen atoms in total. The zero-order valence-corrected chi connectivity index (χ0v) is 14.0. The number of nitrogens with zero attached hydrogens (tertiary/aromatic N) is 4. The van der Waals surface area contributed by atoms with Crippen LogP contribution in [0.2, 0.25) is 0 Å². The number of anilines is 1. The predicted molar refractivity (Wildman–Crippen MR) is 83.9 cm³/mol. The Morgan fingerprint density at radius 1 is 1.39 bits per heavy atom. The number of rotatable bonds is 4. The van der Waals surface area contributed by atoms with E-state index in [-0.39, 0.29) is 24.2 Å². The summed E-state index contributed by atoms with van der Waals surface area (Å²) in [6.45, 7) is 2.54. The first-order chi connectivity index (χ1) is 11.1. The molecule has 2 amide bonds. The van der Waals surface area contributed by atoms with Gasteiger partial charge in [0.25, 0.3) is 0 Å². The molecule has 124 valence electrons. The number of carbonyl (C=O) groups excluding carboxylic acids is 2. The van der Waals surface area contributed by atoms with Gasteiger partial charge >= 0.3 is 0 Å². The Hall–Kier alpha value is -1.54. The van der Waals surface area contributed by atoms with Crippen LogP contribution in [0.15, 0.2) is 0 Å². The van der Waals surface area contributed by atoms with Crippen LogP contribution in [0.1, 0.15) is 30.7 Å². The molecule has 23 heavy (non-hydrogen) atoms. The Labute approximate surface area is 138 Å². The highest BCUT2D eigenvalue weighted by molar-refractivity contribution is 7.15. The van der Waals surface area contributed by atoms with Crippen molar-refractivity contribution in [3.05, 3.63) is 5.01 Å². The predicted octanol–water partition coefficient (Wildman–Crippen LogP) is 1.05. The molecular weight excluding hydrogens is 316 g/mol. The molecule has 1 aromatic heterocycles. The normalized spacial score (nSPS) is 25.6. The average molecular weight is 336 g/mol. The fourth-order valence-corrected chi connectivity index (χ4v) is 4.40. The van der Waals surface area contributed by atoms with Crippen molar-refractivity contribution in [3.63, 3.8) is 0 Å². The first-order valence-corrected chi connectivity index (χ1v) is 8.82. The molecule has 0 aromatic carbocycles. The van der Waals surface area contributed by atoms with Crippen LogP contribution >= 0.6 is 11.3 Å². The van der Waals surface area contributed by atoms with Gasteiger partial charge in [-0.2, -0.15) is 0 Å². The monoisotopic (exact) mass is 336 g/mol. The highest BCUT2D eigenvalue weighted by Gasteiger charge is 2.50. The molecule has 0 radical (unpaired) electrons. The Balaban J connectivity index is 1.42. The third kappa shape index (κ3) is 2.74. The van der Waals surface area contributed by atoms with Crippen LogP contribution in [0.4, 0.5) is 5.13 Å². The molecule has 1 saturated carbocycles. The standard InChI is InChI=1S/C15H20N4O3S/c1-22-8-11-16-17-14(23-11)19-7-10(6-12(19)20)13(21)18-5-4-15(9-18)2-3-15/h10H,2-9H2,1H3. The minimum atomic E-state index is -0.244. The van der Waals surface area contributed by atoms with E-state index in [1.807, 2.05) is 4.90 Å². The fraction of sp³-hybridized carbons (Fsp3) is 0.733. The number of methoxy groups -OCH3 is 1. The summed E-state index contributed by atoms with van der Waals surface area (Å²) in [5.74, 6) is -0.152. The van der Waals surface area contributed by atoms with E-state index in [9.17, 15) is 9.59 Å². The van der Waals surface area contributed by atoms with Gasteiger partial charge in [0, 0.05) is 33.2 Å². The minimum Gasteiger partial charge on any atom is -0.377 e. The maximum absolute atomic E-state index is 12.7. The molecule has 2 saturated heterocycles. The van der Waals surface area contributed by atoms with Crippen LogP contribution in [0, 0.1) is 11.3 Å². The van der Waals surface area contributed by atoms with Crippen molar-refractivity contribution in [2.24, 2.45) is 11.3 Å². The lowest BCUT2D eigenvalue weighted by molar-refractivity contribution is -0.135. The summed E-state index contributed by atoms with van der Waals surface area (Å²) in [6.07, 6.45) is 3.90. The second-order valence-electron chi connectivity index (χ2n) is 6.83. The molecule has 3 heterocycles. The molecule has 1 unspecified atom stereocenters. The second-order valence-corrected chi connectivity index (χ2v) is 7.87. The van der Waals surface area contributed by atoms with Gasteiger partial charge in [-0.25, -0.2) is 0 Å². The fourth-order valence-electron chi connectivity index (χ4n) is 3.56. The van der Waals surface area contributed by atoms with Crippen molar-refractivity contribution in [1.29, 1.82) is 0 Å². The highest BCUT2D eigenvalue weighted by Crippen LogP contribution is 2.52. The maximum Gasteiger partial charge on any atom is 0.229 e. The largest absolute Gasteiger partial charge is 0.377 e. The molecule has 1 aromatic rings. The Kier molecular flexibility index (Phi) is 3.60. The van der Waals surface area contributed by atoms with Gasteiger partial charge in [-0.3, -0.25) is 14.5 Å². The van der Waals surface area contributed by atoms with Crippen molar-refractivity contribution in [1.82, 2.24) is 15.1 Å². The molecule has 3 aliphatic rings. The van der Waals surface area contributed by atoms with Crippen LogP contribution in [0.3, 0.4) is 0 Å². The maximum atomic E-state index is 12.7. The van der Waals surface area contributed by atoms with Gasteiger partial charge < -0.3 is 9.64 Å². The van der Waals surface area contributed by atoms with E-state index in [0.717, 1.165) is 24.5 Å². The molecule has 1 atom stereocenters. The average Bonchev–Trinajstić information content (AvgIpc) is 2.90. The van der Waals surface area contributed by atoms with E-state index in [1.165, 1.54) is 24.2 Å². The van der Waals surface area contributed by atoms with Gasteiger partial charge in [-0.1, -0.05) is 11.3 Å². The smallest absolute Gasteiger partial charge is 0.229 e. The summed E-state index contributed by atoms with van der Waals surface area (Å²) in [5.41, 5.74) is 0.423. The van der Waals surface area contributed by atoms with E-state index < -0.39 is 0 Å². The number of hydrogen-bond donors (Lipinski definition) is 0. The van der Waals surface area contributed by atoms with Crippen LogP contribution < -0.4 is 4.90 Å². The second kappa shape index (κ2) is 5.52. The van der Waals surface area contributed by atoms with Gasteiger partial charge in [-0.15, -0.1) is 10.2 Å². The number of ether oxygens (including phenoxy) is 1. The van der Waals surface area contributed by atoms with Crippen LogP contribution in [-0.4, -0.2) is 53.7 Å². The third-order valence-electron chi connectivity index (χ3n) is 5.14. The Morgan fingerprint density at radius 3 is 2.91 bits per heavy atom. The summed E-state index contributed by atoms with van der Waals surface area (Å²) in [5, 5.41) is 9.38. The number of hydrogen-bond acceptors (Lipinski definition) is 6. The van der Waals surface area contributed by atoms with Crippen molar-refractivity contribution >= 4 is 28.3 Å². The molecule has 3 fully saturated rings. The summed E-state index contributed by atoms with van der Waals surface area (Å²) in [6, 6.07) is 0. The number of aromatic nitrogens is 2. The minimum absolute atomic E-state index is 0.0381. The molecule has 1 spiro atoms. The zero-order valence-electron chi connectivity index (χ0n) is 13.2. The molecule has 1 aliphatic carbocycles.